The van der Waals surface area contributed by atoms with E-state index in [1.165, 1.54) is 19.3 Å². The molecule has 1 aliphatic carbocycles. The first-order valence-corrected chi connectivity index (χ1v) is 13.2. The second kappa shape index (κ2) is 10.5. The number of nitrogens with zero attached hydrogens (tertiary/aromatic N) is 2. The molecule has 0 aromatic heterocycles. The van der Waals surface area contributed by atoms with E-state index in [0.29, 0.717) is 36.9 Å². The Kier molecular flexibility index (Phi) is 7.35. The SMILES string of the molecule is CCN(CCOC)C(=O)c1ccc(-c2ccc3c(c2)COC2(CCN(C4CCC4)CC2)O3)cc1Cl. The Morgan fingerprint density at radius 3 is 2.57 bits per heavy atom. The van der Waals surface area contributed by atoms with E-state index >= 15 is 0 Å². The lowest BCUT2D eigenvalue weighted by atomic mass is 9.89. The molecule has 0 N–H and O–H groups in total. The highest BCUT2D eigenvalue weighted by Gasteiger charge is 2.42. The van der Waals surface area contributed by atoms with Crippen molar-refractivity contribution in [1.29, 1.82) is 0 Å². The molecule has 1 amide bonds. The fourth-order valence-electron chi connectivity index (χ4n) is 5.28. The smallest absolute Gasteiger partial charge is 0.255 e. The highest BCUT2D eigenvalue weighted by Crippen LogP contribution is 2.40. The molecule has 1 spiro atoms. The van der Waals surface area contributed by atoms with Crippen LogP contribution in [0.25, 0.3) is 11.1 Å². The number of carbonyl (C=O) groups is 1. The summed E-state index contributed by atoms with van der Waals surface area (Å²) in [6.07, 6.45) is 5.86. The highest BCUT2D eigenvalue weighted by molar-refractivity contribution is 6.34. The Balaban J connectivity index is 1.27. The van der Waals surface area contributed by atoms with Crippen LogP contribution in [-0.4, -0.2) is 67.4 Å². The number of likely N-dealkylation sites (tertiary alicyclic amines) is 1. The summed E-state index contributed by atoms with van der Waals surface area (Å²) < 4.78 is 17.9. The van der Waals surface area contributed by atoms with Gasteiger partial charge in [-0.1, -0.05) is 30.2 Å². The summed E-state index contributed by atoms with van der Waals surface area (Å²) in [6.45, 7) is 6.22. The molecule has 0 atom stereocenters. The maximum atomic E-state index is 12.9. The largest absolute Gasteiger partial charge is 0.462 e. The van der Waals surface area contributed by atoms with Crippen LogP contribution < -0.4 is 4.74 Å². The molecular formula is C28H35ClN2O4. The van der Waals surface area contributed by atoms with Gasteiger partial charge in [-0.15, -0.1) is 0 Å². The van der Waals surface area contributed by atoms with Gasteiger partial charge in [0.2, 0.25) is 5.79 Å². The van der Waals surface area contributed by atoms with Gasteiger partial charge in [0, 0.05) is 57.7 Å². The second-order valence-corrected chi connectivity index (χ2v) is 10.2. The predicted molar refractivity (Wildman–Crippen MR) is 137 cm³/mol. The standard InChI is InChI=1S/C28H35ClN2O4/c1-3-30(15-16-33-2)27(32)24-9-7-21(18-25(24)29)20-8-10-26-22(17-20)19-34-28(35-26)11-13-31(14-12-28)23-5-4-6-23/h7-10,17-18,23H,3-6,11-16,19H2,1-2H3. The van der Waals surface area contributed by atoms with Crippen LogP contribution in [-0.2, 0) is 16.1 Å². The van der Waals surface area contributed by atoms with Gasteiger partial charge < -0.3 is 19.1 Å². The summed E-state index contributed by atoms with van der Waals surface area (Å²) >= 11 is 6.57. The average Bonchev–Trinajstić information content (AvgIpc) is 2.84. The van der Waals surface area contributed by atoms with Crippen LogP contribution in [0.15, 0.2) is 36.4 Å². The van der Waals surface area contributed by atoms with Crippen LogP contribution in [0.2, 0.25) is 5.02 Å². The molecule has 1 saturated carbocycles. The molecule has 35 heavy (non-hydrogen) atoms. The third kappa shape index (κ3) is 5.08. The molecule has 0 bridgehead atoms. The van der Waals surface area contributed by atoms with Gasteiger partial charge in [-0.05, 0) is 55.2 Å². The number of rotatable bonds is 7. The Morgan fingerprint density at radius 2 is 1.91 bits per heavy atom. The van der Waals surface area contributed by atoms with Crippen LogP contribution in [0.1, 0.15) is 54.9 Å². The molecule has 188 valence electrons. The quantitative estimate of drug-likeness (QED) is 0.513. The minimum absolute atomic E-state index is 0.0815. The van der Waals surface area contributed by atoms with Crippen molar-refractivity contribution in [2.45, 2.75) is 57.5 Å². The van der Waals surface area contributed by atoms with E-state index in [2.05, 4.69) is 17.0 Å². The zero-order chi connectivity index (χ0) is 24.4. The third-order valence-corrected chi connectivity index (χ3v) is 8.08. The van der Waals surface area contributed by atoms with Gasteiger partial charge in [0.15, 0.2) is 0 Å². The molecule has 2 aromatic carbocycles. The number of halogens is 1. The molecule has 2 fully saturated rings. The van der Waals surface area contributed by atoms with E-state index < -0.39 is 5.79 Å². The number of ether oxygens (including phenoxy) is 3. The lowest BCUT2D eigenvalue weighted by Gasteiger charge is -2.47. The monoisotopic (exact) mass is 498 g/mol. The topological polar surface area (TPSA) is 51.2 Å². The number of hydrogen-bond acceptors (Lipinski definition) is 5. The fourth-order valence-corrected chi connectivity index (χ4v) is 5.54. The van der Waals surface area contributed by atoms with Crippen LogP contribution in [0.3, 0.4) is 0 Å². The lowest BCUT2D eigenvalue weighted by Crippen LogP contribution is -2.54. The highest BCUT2D eigenvalue weighted by atomic mass is 35.5. The molecule has 2 heterocycles. The molecule has 2 aliphatic heterocycles. The van der Waals surface area contributed by atoms with Crippen molar-refractivity contribution in [2.24, 2.45) is 0 Å². The van der Waals surface area contributed by atoms with E-state index in [1.54, 1.807) is 12.0 Å². The van der Waals surface area contributed by atoms with Crippen LogP contribution in [0.4, 0.5) is 0 Å². The van der Waals surface area contributed by atoms with Gasteiger partial charge in [-0.25, -0.2) is 0 Å². The molecule has 5 rings (SSSR count). The molecule has 2 aromatic rings. The summed E-state index contributed by atoms with van der Waals surface area (Å²) in [6, 6.07) is 12.6. The van der Waals surface area contributed by atoms with Crippen LogP contribution in [0, 0.1) is 0 Å². The predicted octanol–water partition coefficient (Wildman–Crippen LogP) is 5.37. The van der Waals surface area contributed by atoms with E-state index in [1.807, 2.05) is 31.2 Å². The Morgan fingerprint density at radius 1 is 1.17 bits per heavy atom. The first-order valence-electron chi connectivity index (χ1n) is 12.8. The molecule has 0 radical (unpaired) electrons. The van der Waals surface area contributed by atoms with Gasteiger partial charge in [-0.2, -0.15) is 0 Å². The molecule has 0 unspecified atom stereocenters. The van der Waals surface area contributed by atoms with Crippen molar-refractivity contribution in [3.05, 3.63) is 52.5 Å². The number of fused-ring (bicyclic) bond motifs is 1. The van der Waals surface area contributed by atoms with E-state index in [0.717, 1.165) is 54.4 Å². The lowest BCUT2D eigenvalue weighted by molar-refractivity contribution is -0.231. The summed E-state index contributed by atoms with van der Waals surface area (Å²) in [5.41, 5.74) is 3.54. The molecule has 6 nitrogen and oxygen atoms in total. The Bertz CT molecular complexity index is 1060. The minimum Gasteiger partial charge on any atom is -0.462 e. The van der Waals surface area contributed by atoms with Crippen molar-refractivity contribution in [2.75, 3.05) is 39.9 Å². The Labute approximate surface area is 213 Å². The second-order valence-electron chi connectivity index (χ2n) is 9.82. The molecule has 7 heteroatoms. The number of hydrogen-bond donors (Lipinski definition) is 0. The number of carbonyl (C=O) groups excluding carboxylic acids is 1. The maximum Gasteiger partial charge on any atom is 0.255 e. The van der Waals surface area contributed by atoms with Crippen molar-refractivity contribution in [3.63, 3.8) is 0 Å². The molecule has 1 saturated heterocycles. The summed E-state index contributed by atoms with van der Waals surface area (Å²) in [5, 5.41) is 0.450. The van der Waals surface area contributed by atoms with Crippen molar-refractivity contribution >= 4 is 17.5 Å². The van der Waals surface area contributed by atoms with E-state index in [-0.39, 0.29) is 5.91 Å². The van der Waals surface area contributed by atoms with Gasteiger partial charge in [0.25, 0.3) is 5.91 Å². The first kappa shape index (κ1) is 24.6. The van der Waals surface area contributed by atoms with E-state index in [9.17, 15) is 4.79 Å². The fraction of sp³-hybridized carbons (Fsp3) is 0.536. The number of piperidine rings is 1. The van der Waals surface area contributed by atoms with Crippen molar-refractivity contribution in [3.8, 4) is 16.9 Å². The summed E-state index contributed by atoms with van der Waals surface area (Å²) in [4.78, 5) is 17.3. The average molecular weight is 499 g/mol. The van der Waals surface area contributed by atoms with Gasteiger partial charge in [-0.3, -0.25) is 9.69 Å². The third-order valence-electron chi connectivity index (χ3n) is 7.77. The number of benzene rings is 2. The zero-order valence-corrected chi connectivity index (χ0v) is 21.5. The number of likely N-dealkylation sites (N-methyl/N-ethyl adjacent to an activating group) is 1. The normalized spacial score (nSPS) is 19.6. The van der Waals surface area contributed by atoms with Gasteiger partial charge >= 0.3 is 0 Å². The molecule has 3 aliphatic rings. The van der Waals surface area contributed by atoms with Crippen LogP contribution >= 0.6 is 11.6 Å². The first-order chi connectivity index (χ1) is 17.0. The van der Waals surface area contributed by atoms with Gasteiger partial charge in [0.1, 0.15) is 5.75 Å². The zero-order valence-electron chi connectivity index (χ0n) is 20.7. The summed E-state index contributed by atoms with van der Waals surface area (Å²) in [7, 11) is 1.63. The molecular weight excluding hydrogens is 464 g/mol. The number of methoxy groups -OCH3 is 1. The Hall–Kier alpha value is -2.12. The van der Waals surface area contributed by atoms with Crippen molar-refractivity contribution in [1.82, 2.24) is 9.80 Å². The van der Waals surface area contributed by atoms with E-state index in [4.69, 9.17) is 25.8 Å². The summed E-state index contributed by atoms with van der Waals surface area (Å²) in [5.74, 6) is 0.335. The maximum absolute atomic E-state index is 12.9. The van der Waals surface area contributed by atoms with Gasteiger partial charge in [0.05, 0.1) is 23.8 Å². The minimum atomic E-state index is -0.492. The van der Waals surface area contributed by atoms with Crippen molar-refractivity contribution < 1.29 is 19.0 Å². The number of amides is 1. The van der Waals surface area contributed by atoms with Crippen LogP contribution in [0.5, 0.6) is 5.75 Å².